The lowest BCUT2D eigenvalue weighted by atomic mass is 10.00. The van der Waals surface area contributed by atoms with Gasteiger partial charge in [-0.05, 0) is 25.0 Å². The summed E-state index contributed by atoms with van der Waals surface area (Å²) >= 11 is 1.43. The molecule has 7 nitrogen and oxygen atoms in total. The molecule has 4 rings (SSSR count). The van der Waals surface area contributed by atoms with E-state index in [9.17, 15) is 15.0 Å². The molecule has 0 amide bonds. The molecule has 0 atom stereocenters. The molecule has 0 spiro atoms. The number of aromatic hydroxyl groups is 1. The summed E-state index contributed by atoms with van der Waals surface area (Å²) in [4.78, 5) is 17.8. The Bertz CT molecular complexity index is 1190. The van der Waals surface area contributed by atoms with Crippen molar-refractivity contribution >= 4 is 22.3 Å². The van der Waals surface area contributed by atoms with Gasteiger partial charge in [-0.25, -0.2) is 4.98 Å². The average Bonchev–Trinajstić information content (AvgIpc) is 3.19. The van der Waals surface area contributed by atoms with Crippen molar-refractivity contribution in [3.8, 4) is 16.3 Å². The van der Waals surface area contributed by atoms with Crippen LogP contribution in [0.3, 0.4) is 0 Å². The Morgan fingerprint density at radius 3 is 2.47 bits per heavy atom. The summed E-state index contributed by atoms with van der Waals surface area (Å²) in [5.41, 5.74) is 3.17. The van der Waals surface area contributed by atoms with E-state index in [0.717, 1.165) is 52.9 Å². The van der Waals surface area contributed by atoms with Gasteiger partial charge in [0.1, 0.15) is 61.9 Å². The first-order valence-corrected chi connectivity index (χ1v) is 12.1. The van der Waals surface area contributed by atoms with E-state index >= 15 is 0 Å². The maximum atomic E-state index is 13.4. The zero-order valence-electron chi connectivity index (χ0n) is 19.3. The van der Waals surface area contributed by atoms with Crippen LogP contribution in [0, 0.1) is 6.92 Å². The smallest absolute Gasteiger partial charge is 0.202 e. The summed E-state index contributed by atoms with van der Waals surface area (Å²) in [5, 5.41) is 23.6. The van der Waals surface area contributed by atoms with Crippen molar-refractivity contribution in [2.45, 2.75) is 26.8 Å². The number of benzene rings is 1. The maximum Gasteiger partial charge on any atom is 0.202 e. The van der Waals surface area contributed by atoms with Gasteiger partial charge in [0.25, 0.3) is 0 Å². The molecule has 0 unspecified atom stereocenters. The number of rotatable bonds is 6. The van der Waals surface area contributed by atoms with Crippen molar-refractivity contribution in [1.29, 1.82) is 0 Å². The van der Waals surface area contributed by atoms with Crippen LogP contribution < -0.4 is 5.43 Å². The number of phenolic OH excluding ortho intramolecular Hbond substituents is 1. The first-order chi connectivity index (χ1) is 15.2. The summed E-state index contributed by atoms with van der Waals surface area (Å²) < 4.78 is 7.64. The number of aryl methyl sites for hydroxylation is 2. The zero-order valence-corrected chi connectivity index (χ0v) is 20.2. The molecule has 1 aliphatic rings. The summed E-state index contributed by atoms with van der Waals surface area (Å²) in [6, 6.07) is 1.77. The summed E-state index contributed by atoms with van der Waals surface area (Å²) in [5.74, 6) is 0.235. The van der Waals surface area contributed by atoms with Gasteiger partial charge in [0.15, 0.2) is 0 Å². The van der Waals surface area contributed by atoms with Crippen LogP contribution in [-0.4, -0.2) is 77.6 Å². The normalized spacial score (nSPS) is 23.7. The Morgan fingerprint density at radius 2 is 1.88 bits per heavy atom. The van der Waals surface area contributed by atoms with Gasteiger partial charge in [0, 0.05) is 11.1 Å². The monoisotopic (exact) mass is 459 g/mol. The Labute approximate surface area is 192 Å². The molecule has 32 heavy (non-hydrogen) atoms. The van der Waals surface area contributed by atoms with E-state index in [4.69, 9.17) is 4.42 Å². The Kier molecular flexibility index (Phi) is 6.15. The minimum Gasteiger partial charge on any atom is -0.507 e. The van der Waals surface area contributed by atoms with E-state index in [-0.39, 0.29) is 17.8 Å². The Balaban J connectivity index is 1.77. The van der Waals surface area contributed by atoms with Crippen molar-refractivity contribution in [3.05, 3.63) is 44.8 Å². The van der Waals surface area contributed by atoms with Crippen LogP contribution in [0.15, 0.2) is 26.9 Å². The first-order valence-electron chi connectivity index (χ1n) is 11.2. The second-order valence-corrected chi connectivity index (χ2v) is 10.5. The van der Waals surface area contributed by atoms with Gasteiger partial charge in [0.2, 0.25) is 5.43 Å². The number of nitrogens with zero attached hydrogens (tertiary/aromatic N) is 3. The largest absolute Gasteiger partial charge is 0.507 e. The van der Waals surface area contributed by atoms with Crippen LogP contribution in [-0.2, 0) is 13.0 Å². The standard InChI is InChI=1S/C24H32N3O4S/c1-5-17-12-18-22(30)20(24-25-16(2)15-32-24)14-31-23(18)19(21(17)29)13-27(4)8-6-26(3,7-9-27)10-11-28/h12,14-15,28H,5-11,13H2,1-4H3/q+1/p+1. The predicted octanol–water partition coefficient (Wildman–Crippen LogP) is 2.89. The Morgan fingerprint density at radius 1 is 1.19 bits per heavy atom. The predicted molar refractivity (Wildman–Crippen MR) is 127 cm³/mol. The fraction of sp³-hybridized carbons (Fsp3) is 0.500. The average molecular weight is 460 g/mol. The third-order valence-corrected chi connectivity index (χ3v) is 7.97. The van der Waals surface area contributed by atoms with Crippen LogP contribution in [0.2, 0.25) is 0 Å². The van der Waals surface area contributed by atoms with Crippen LogP contribution in [0.5, 0.6) is 5.75 Å². The fourth-order valence-corrected chi connectivity index (χ4v) is 5.43. The van der Waals surface area contributed by atoms with Crippen molar-refractivity contribution in [2.75, 3.05) is 53.4 Å². The lowest BCUT2D eigenvalue weighted by Gasteiger charge is -2.46. The lowest BCUT2D eigenvalue weighted by molar-refractivity contribution is -1.02. The minimum atomic E-state index is -0.106. The number of phenols is 1. The highest BCUT2D eigenvalue weighted by molar-refractivity contribution is 7.13. The van der Waals surface area contributed by atoms with Crippen molar-refractivity contribution in [1.82, 2.24) is 4.98 Å². The van der Waals surface area contributed by atoms with Crippen LogP contribution in [0.4, 0.5) is 0 Å². The molecule has 172 valence electrons. The number of aliphatic hydroxyl groups is 1. The number of piperazine rings is 1. The van der Waals surface area contributed by atoms with Gasteiger partial charge in [-0.15, -0.1) is 11.3 Å². The molecule has 0 bridgehead atoms. The number of thiazole rings is 1. The highest BCUT2D eigenvalue weighted by atomic mass is 32.1. The van der Waals surface area contributed by atoms with Crippen LogP contribution in [0.1, 0.15) is 23.7 Å². The summed E-state index contributed by atoms with van der Waals surface area (Å²) in [7, 11) is 4.38. The number of fused-ring (bicyclic) bond motifs is 1. The van der Waals surface area contributed by atoms with Gasteiger partial charge in [-0.2, -0.15) is 0 Å². The number of quaternary nitrogens is 2. The number of hydrogen-bond donors (Lipinski definition) is 2. The molecule has 3 heterocycles. The van der Waals surface area contributed by atoms with E-state index in [1.54, 1.807) is 6.07 Å². The summed E-state index contributed by atoms with van der Waals surface area (Å²) in [6.45, 7) is 9.19. The van der Waals surface area contributed by atoms with E-state index < -0.39 is 0 Å². The summed E-state index contributed by atoms with van der Waals surface area (Å²) in [6.07, 6.45) is 2.12. The highest BCUT2D eigenvalue weighted by Crippen LogP contribution is 2.35. The van der Waals surface area contributed by atoms with Crippen molar-refractivity contribution < 1.29 is 23.6 Å². The molecule has 2 N–H and O–H groups in total. The third-order valence-electron chi connectivity index (χ3n) is 6.98. The van der Waals surface area contributed by atoms with Crippen molar-refractivity contribution in [2.24, 2.45) is 0 Å². The number of aromatic nitrogens is 1. The molecule has 1 aromatic carbocycles. The second kappa shape index (κ2) is 8.59. The molecule has 8 heteroatoms. The molecule has 0 saturated carbocycles. The van der Waals surface area contributed by atoms with Crippen LogP contribution in [0.25, 0.3) is 21.5 Å². The SMILES string of the molecule is CCc1cc2c(=O)c(-c3nc(C)cs3)coc2c(C[N+]2(C)CC[N+](C)(CCO)CC2)c1O. The minimum absolute atomic E-state index is 0.106. The Hall–Kier alpha value is -2.26. The molecular formula is C24H33N3O4S+2. The second-order valence-electron chi connectivity index (χ2n) is 9.60. The molecule has 1 saturated heterocycles. The van der Waals surface area contributed by atoms with Crippen LogP contribution >= 0.6 is 11.3 Å². The van der Waals surface area contributed by atoms with Gasteiger partial charge in [0.05, 0.1) is 37.2 Å². The number of likely N-dealkylation sites (N-methyl/N-ethyl adjacent to an activating group) is 2. The molecule has 0 aliphatic carbocycles. The van der Waals surface area contributed by atoms with Gasteiger partial charge < -0.3 is 23.6 Å². The van der Waals surface area contributed by atoms with Crippen molar-refractivity contribution in [3.63, 3.8) is 0 Å². The maximum absolute atomic E-state index is 13.4. The van der Waals surface area contributed by atoms with E-state index in [1.165, 1.54) is 17.6 Å². The lowest BCUT2D eigenvalue weighted by Crippen LogP contribution is -2.64. The fourth-order valence-electron chi connectivity index (χ4n) is 4.63. The molecule has 1 aliphatic heterocycles. The molecule has 0 radical (unpaired) electrons. The topological polar surface area (TPSA) is 83.6 Å². The molecule has 2 aromatic heterocycles. The van der Waals surface area contributed by atoms with Gasteiger partial charge >= 0.3 is 0 Å². The molecule has 1 fully saturated rings. The highest BCUT2D eigenvalue weighted by Gasteiger charge is 2.38. The van der Waals surface area contributed by atoms with E-state index in [0.29, 0.717) is 40.1 Å². The van der Waals surface area contributed by atoms with Gasteiger partial charge in [-0.1, -0.05) is 6.92 Å². The molecule has 3 aromatic rings. The first kappa shape index (κ1) is 22.9. The third kappa shape index (κ3) is 4.20. The number of hydrogen-bond acceptors (Lipinski definition) is 6. The van der Waals surface area contributed by atoms with Gasteiger partial charge in [-0.3, -0.25) is 4.79 Å². The van der Waals surface area contributed by atoms with E-state index in [2.05, 4.69) is 19.1 Å². The molecular weight excluding hydrogens is 426 g/mol. The quantitative estimate of drug-likeness (QED) is 0.554. The van der Waals surface area contributed by atoms with E-state index in [1.807, 2.05) is 19.2 Å². The zero-order chi connectivity index (χ0) is 23.1. The number of aliphatic hydroxyl groups excluding tert-OH is 1.